The van der Waals surface area contributed by atoms with Crippen molar-refractivity contribution in [1.82, 2.24) is 4.90 Å². The Bertz CT molecular complexity index is 329. The van der Waals surface area contributed by atoms with Crippen molar-refractivity contribution in [2.75, 3.05) is 12.4 Å². The molecule has 1 saturated carbocycles. The standard InChI is InChI=1S/C15H22ClN/c1-13-6-8-14(9-7-13)12-17(11-3-10-16)15-4-2-5-15/h6-9,15H,2-5,10-12H2,1H3. The molecule has 1 fully saturated rings. The van der Waals surface area contributed by atoms with Crippen molar-refractivity contribution in [3.8, 4) is 0 Å². The van der Waals surface area contributed by atoms with Crippen LogP contribution in [0.2, 0.25) is 0 Å². The van der Waals surface area contributed by atoms with Crippen LogP contribution in [0.25, 0.3) is 0 Å². The number of hydrogen-bond acceptors (Lipinski definition) is 1. The zero-order chi connectivity index (χ0) is 12.1. The average Bonchev–Trinajstić information content (AvgIpc) is 2.26. The number of aryl methyl sites for hydroxylation is 1. The summed E-state index contributed by atoms with van der Waals surface area (Å²) in [6.45, 7) is 4.37. The lowest BCUT2D eigenvalue weighted by atomic mass is 9.91. The van der Waals surface area contributed by atoms with Crippen LogP contribution in [0, 0.1) is 6.92 Å². The van der Waals surface area contributed by atoms with Gasteiger partial charge in [-0.05, 0) is 38.3 Å². The SMILES string of the molecule is Cc1ccc(CN(CCCCl)C2CCC2)cc1. The molecule has 0 radical (unpaired) electrons. The Labute approximate surface area is 110 Å². The Balaban J connectivity index is 1.93. The Morgan fingerprint density at radius 1 is 1.24 bits per heavy atom. The summed E-state index contributed by atoms with van der Waals surface area (Å²) in [7, 11) is 0. The lowest BCUT2D eigenvalue weighted by Crippen LogP contribution is -2.40. The minimum Gasteiger partial charge on any atom is -0.296 e. The fraction of sp³-hybridized carbons (Fsp3) is 0.600. The molecular formula is C15H22ClN. The fourth-order valence-electron chi connectivity index (χ4n) is 2.33. The van der Waals surface area contributed by atoms with Crippen molar-refractivity contribution in [3.05, 3.63) is 35.4 Å². The number of nitrogens with zero attached hydrogens (tertiary/aromatic N) is 1. The van der Waals surface area contributed by atoms with Gasteiger partial charge in [-0.1, -0.05) is 36.2 Å². The molecule has 2 heteroatoms. The second-order valence-electron chi connectivity index (χ2n) is 5.08. The van der Waals surface area contributed by atoms with Gasteiger partial charge in [0.15, 0.2) is 0 Å². The fourth-order valence-corrected chi connectivity index (χ4v) is 2.45. The lowest BCUT2D eigenvalue weighted by Gasteiger charge is -2.37. The molecule has 1 nitrogen and oxygen atoms in total. The summed E-state index contributed by atoms with van der Waals surface area (Å²) in [4.78, 5) is 2.61. The molecule has 0 bridgehead atoms. The van der Waals surface area contributed by atoms with Gasteiger partial charge in [0.2, 0.25) is 0 Å². The highest BCUT2D eigenvalue weighted by Gasteiger charge is 2.24. The van der Waals surface area contributed by atoms with Crippen LogP contribution in [0.15, 0.2) is 24.3 Å². The number of rotatable bonds is 6. The second kappa shape index (κ2) is 6.42. The highest BCUT2D eigenvalue weighted by atomic mass is 35.5. The Kier molecular flexibility index (Phi) is 4.87. The molecule has 0 aliphatic heterocycles. The molecule has 1 aromatic carbocycles. The van der Waals surface area contributed by atoms with E-state index in [2.05, 4.69) is 36.1 Å². The van der Waals surface area contributed by atoms with Gasteiger partial charge in [0.25, 0.3) is 0 Å². The highest BCUT2D eigenvalue weighted by molar-refractivity contribution is 6.17. The first kappa shape index (κ1) is 12.9. The summed E-state index contributed by atoms with van der Waals surface area (Å²) in [5, 5.41) is 0. The van der Waals surface area contributed by atoms with E-state index in [9.17, 15) is 0 Å². The van der Waals surface area contributed by atoms with Gasteiger partial charge in [-0.15, -0.1) is 11.6 Å². The van der Waals surface area contributed by atoms with E-state index in [4.69, 9.17) is 11.6 Å². The summed E-state index contributed by atoms with van der Waals surface area (Å²) < 4.78 is 0. The van der Waals surface area contributed by atoms with E-state index in [1.807, 2.05) is 0 Å². The minimum absolute atomic E-state index is 0.775. The van der Waals surface area contributed by atoms with Crippen LogP contribution in [0.3, 0.4) is 0 Å². The van der Waals surface area contributed by atoms with E-state index in [1.165, 1.54) is 30.4 Å². The van der Waals surface area contributed by atoms with Crippen LogP contribution in [0.1, 0.15) is 36.8 Å². The molecule has 94 valence electrons. The average molecular weight is 252 g/mol. The maximum Gasteiger partial charge on any atom is 0.0236 e. The van der Waals surface area contributed by atoms with E-state index in [0.717, 1.165) is 31.4 Å². The summed E-state index contributed by atoms with van der Waals surface area (Å²) in [6, 6.07) is 9.72. The minimum atomic E-state index is 0.775. The molecule has 1 aromatic rings. The first-order valence-corrected chi connectivity index (χ1v) is 7.18. The molecule has 1 aliphatic rings. The van der Waals surface area contributed by atoms with E-state index in [-0.39, 0.29) is 0 Å². The van der Waals surface area contributed by atoms with Crippen LogP contribution < -0.4 is 0 Å². The first-order valence-electron chi connectivity index (χ1n) is 6.65. The molecule has 0 atom stereocenters. The van der Waals surface area contributed by atoms with Crippen LogP contribution in [-0.2, 0) is 6.54 Å². The second-order valence-corrected chi connectivity index (χ2v) is 5.46. The predicted molar refractivity (Wildman–Crippen MR) is 74.6 cm³/mol. The monoisotopic (exact) mass is 251 g/mol. The molecule has 2 rings (SSSR count). The maximum atomic E-state index is 5.81. The van der Waals surface area contributed by atoms with Gasteiger partial charge in [0, 0.05) is 18.5 Å². The molecule has 0 N–H and O–H groups in total. The summed E-state index contributed by atoms with van der Waals surface area (Å²) >= 11 is 5.81. The smallest absolute Gasteiger partial charge is 0.0236 e. The number of benzene rings is 1. The predicted octanol–water partition coefficient (Wildman–Crippen LogP) is 3.98. The van der Waals surface area contributed by atoms with Crippen LogP contribution in [-0.4, -0.2) is 23.4 Å². The van der Waals surface area contributed by atoms with Crippen molar-refractivity contribution in [3.63, 3.8) is 0 Å². The molecule has 0 spiro atoms. The third-order valence-electron chi connectivity index (χ3n) is 3.68. The van der Waals surface area contributed by atoms with Crippen molar-refractivity contribution < 1.29 is 0 Å². The Morgan fingerprint density at radius 2 is 1.94 bits per heavy atom. The largest absolute Gasteiger partial charge is 0.296 e. The molecule has 1 aliphatic carbocycles. The van der Waals surface area contributed by atoms with E-state index in [0.29, 0.717) is 0 Å². The van der Waals surface area contributed by atoms with Crippen molar-refractivity contribution >= 4 is 11.6 Å². The van der Waals surface area contributed by atoms with Gasteiger partial charge < -0.3 is 0 Å². The van der Waals surface area contributed by atoms with Gasteiger partial charge in [0.1, 0.15) is 0 Å². The van der Waals surface area contributed by atoms with Crippen LogP contribution >= 0.6 is 11.6 Å². The maximum absolute atomic E-state index is 5.81. The van der Waals surface area contributed by atoms with Crippen molar-refractivity contribution in [2.24, 2.45) is 0 Å². The molecule has 0 saturated heterocycles. The molecule has 0 aromatic heterocycles. The highest BCUT2D eigenvalue weighted by Crippen LogP contribution is 2.26. The van der Waals surface area contributed by atoms with E-state index >= 15 is 0 Å². The van der Waals surface area contributed by atoms with E-state index in [1.54, 1.807) is 0 Å². The zero-order valence-electron chi connectivity index (χ0n) is 10.7. The number of hydrogen-bond donors (Lipinski definition) is 0. The first-order chi connectivity index (χ1) is 8.29. The van der Waals surface area contributed by atoms with Crippen molar-refractivity contribution in [2.45, 2.75) is 45.2 Å². The number of alkyl halides is 1. The van der Waals surface area contributed by atoms with E-state index < -0.39 is 0 Å². The summed E-state index contributed by atoms with van der Waals surface area (Å²) in [5.41, 5.74) is 2.77. The van der Waals surface area contributed by atoms with Crippen LogP contribution in [0.4, 0.5) is 0 Å². The van der Waals surface area contributed by atoms with Gasteiger partial charge >= 0.3 is 0 Å². The normalized spacial score (nSPS) is 16.2. The molecule has 0 amide bonds. The van der Waals surface area contributed by atoms with Gasteiger partial charge in [0.05, 0.1) is 0 Å². The molecule has 0 heterocycles. The summed E-state index contributed by atoms with van der Waals surface area (Å²) in [6.07, 6.45) is 5.24. The zero-order valence-corrected chi connectivity index (χ0v) is 11.4. The third-order valence-corrected chi connectivity index (χ3v) is 3.94. The molecule has 17 heavy (non-hydrogen) atoms. The number of halogens is 1. The molecule has 0 unspecified atom stereocenters. The molecular weight excluding hydrogens is 230 g/mol. The van der Waals surface area contributed by atoms with Crippen LogP contribution in [0.5, 0.6) is 0 Å². The summed E-state index contributed by atoms with van der Waals surface area (Å²) in [5.74, 6) is 0.775. The van der Waals surface area contributed by atoms with Gasteiger partial charge in [-0.2, -0.15) is 0 Å². The Hall–Kier alpha value is -0.530. The topological polar surface area (TPSA) is 3.24 Å². The van der Waals surface area contributed by atoms with Gasteiger partial charge in [-0.25, -0.2) is 0 Å². The van der Waals surface area contributed by atoms with Crippen molar-refractivity contribution in [1.29, 1.82) is 0 Å². The Morgan fingerprint density at radius 3 is 2.47 bits per heavy atom. The lowest BCUT2D eigenvalue weighted by molar-refractivity contribution is 0.120. The van der Waals surface area contributed by atoms with Gasteiger partial charge in [-0.3, -0.25) is 4.90 Å². The third kappa shape index (κ3) is 3.72. The quantitative estimate of drug-likeness (QED) is 0.692.